The van der Waals surface area contributed by atoms with Gasteiger partial charge in [0, 0.05) is 0 Å². The number of ether oxygens (including phenoxy) is 1. The van der Waals surface area contributed by atoms with Crippen molar-refractivity contribution in [2.45, 2.75) is 6.54 Å². The third-order valence-electron chi connectivity index (χ3n) is 1.75. The molecular formula is C8H10N2O4. The van der Waals surface area contributed by atoms with Crippen LogP contribution in [0.25, 0.3) is 0 Å². The molecule has 0 radical (unpaired) electrons. The van der Waals surface area contributed by atoms with Gasteiger partial charge in [-0.25, -0.2) is 5.48 Å². The van der Waals surface area contributed by atoms with E-state index in [1.165, 1.54) is 13.2 Å². The zero-order chi connectivity index (χ0) is 10.6. The van der Waals surface area contributed by atoms with Crippen LogP contribution in [0.1, 0.15) is 5.56 Å². The Morgan fingerprint density at radius 2 is 2.36 bits per heavy atom. The molecule has 0 fully saturated rings. The first kappa shape index (κ1) is 10.4. The molecule has 0 aliphatic heterocycles. The smallest absolute Gasteiger partial charge is 0.315 e. The van der Waals surface area contributed by atoms with Gasteiger partial charge in [0.25, 0.3) is 0 Å². The predicted octanol–water partition coefficient (Wildman–Crippen LogP) is 1.08. The number of rotatable bonds is 4. The lowest BCUT2D eigenvalue weighted by Crippen LogP contribution is -2.09. The first-order chi connectivity index (χ1) is 6.70. The molecular weight excluding hydrogens is 188 g/mol. The van der Waals surface area contributed by atoms with Gasteiger partial charge in [0.15, 0.2) is 5.75 Å². The molecule has 14 heavy (non-hydrogen) atoms. The van der Waals surface area contributed by atoms with E-state index in [9.17, 15) is 10.1 Å². The largest absolute Gasteiger partial charge is 0.490 e. The highest BCUT2D eigenvalue weighted by Crippen LogP contribution is 2.30. The summed E-state index contributed by atoms with van der Waals surface area (Å²) >= 11 is 0. The average molecular weight is 198 g/mol. The number of hydrogen-bond acceptors (Lipinski definition) is 5. The second-order valence-corrected chi connectivity index (χ2v) is 2.56. The highest BCUT2D eigenvalue weighted by molar-refractivity contribution is 5.52. The van der Waals surface area contributed by atoms with Crippen molar-refractivity contribution in [3.05, 3.63) is 33.9 Å². The SMILES string of the molecule is COc1cccc(CNO)c1[N+](=O)[O-]. The van der Waals surface area contributed by atoms with Crippen LogP contribution in [0.2, 0.25) is 0 Å². The molecule has 0 aromatic heterocycles. The van der Waals surface area contributed by atoms with Crippen LogP contribution in [-0.2, 0) is 6.54 Å². The number of para-hydroxylation sites is 1. The molecule has 0 aliphatic rings. The average Bonchev–Trinajstić information content (AvgIpc) is 2.17. The van der Waals surface area contributed by atoms with Crippen molar-refractivity contribution in [2.24, 2.45) is 0 Å². The fourth-order valence-corrected chi connectivity index (χ4v) is 1.17. The highest BCUT2D eigenvalue weighted by Gasteiger charge is 2.19. The molecule has 6 heteroatoms. The fourth-order valence-electron chi connectivity index (χ4n) is 1.17. The minimum atomic E-state index is -0.536. The summed E-state index contributed by atoms with van der Waals surface area (Å²) in [6.45, 7) is 0.00745. The second-order valence-electron chi connectivity index (χ2n) is 2.56. The normalized spacial score (nSPS) is 9.86. The van der Waals surface area contributed by atoms with Gasteiger partial charge in [0.1, 0.15) is 0 Å². The number of hydrogen-bond donors (Lipinski definition) is 2. The van der Waals surface area contributed by atoms with Gasteiger partial charge in [0.05, 0.1) is 24.1 Å². The topological polar surface area (TPSA) is 84.6 Å². The quantitative estimate of drug-likeness (QED) is 0.558. The maximum Gasteiger partial charge on any atom is 0.315 e. The summed E-state index contributed by atoms with van der Waals surface area (Å²) in [6.07, 6.45) is 0. The van der Waals surface area contributed by atoms with Crippen LogP contribution < -0.4 is 10.2 Å². The zero-order valence-electron chi connectivity index (χ0n) is 7.56. The Hall–Kier alpha value is -1.66. The molecule has 1 aromatic rings. The highest BCUT2D eigenvalue weighted by atomic mass is 16.6. The van der Waals surface area contributed by atoms with E-state index in [1.54, 1.807) is 12.1 Å². The molecule has 0 atom stereocenters. The molecule has 0 amide bonds. The van der Waals surface area contributed by atoms with E-state index in [2.05, 4.69) is 0 Å². The minimum absolute atomic E-state index is 0.00745. The number of nitrogens with one attached hydrogen (secondary N) is 1. The Bertz CT molecular complexity index is 340. The molecule has 76 valence electrons. The van der Waals surface area contributed by atoms with Gasteiger partial charge in [-0.3, -0.25) is 10.1 Å². The Balaban J connectivity index is 3.20. The summed E-state index contributed by atoms with van der Waals surface area (Å²) in [6, 6.07) is 4.67. The van der Waals surface area contributed by atoms with Gasteiger partial charge in [-0.05, 0) is 6.07 Å². The van der Waals surface area contributed by atoms with Gasteiger partial charge < -0.3 is 9.94 Å². The summed E-state index contributed by atoms with van der Waals surface area (Å²) in [5.74, 6) is 0.183. The Kier molecular flexibility index (Phi) is 3.38. The molecule has 1 aromatic carbocycles. The van der Waals surface area contributed by atoms with Gasteiger partial charge in [-0.1, -0.05) is 12.1 Å². The summed E-state index contributed by atoms with van der Waals surface area (Å²) in [7, 11) is 1.36. The Morgan fingerprint density at radius 3 is 2.86 bits per heavy atom. The molecule has 1 rings (SSSR count). The van der Waals surface area contributed by atoms with E-state index in [0.717, 1.165) is 0 Å². The van der Waals surface area contributed by atoms with Crippen LogP contribution in [0.15, 0.2) is 18.2 Å². The molecule has 0 unspecified atom stereocenters. The molecule has 0 aliphatic carbocycles. The van der Waals surface area contributed by atoms with Crippen LogP contribution in [0.3, 0.4) is 0 Å². The van der Waals surface area contributed by atoms with Crippen LogP contribution in [-0.4, -0.2) is 17.2 Å². The maximum absolute atomic E-state index is 10.7. The lowest BCUT2D eigenvalue weighted by molar-refractivity contribution is -0.386. The number of hydroxylamine groups is 1. The third-order valence-corrected chi connectivity index (χ3v) is 1.75. The van der Waals surface area contributed by atoms with E-state index in [1.807, 2.05) is 5.48 Å². The van der Waals surface area contributed by atoms with Gasteiger partial charge in [0.2, 0.25) is 0 Å². The van der Waals surface area contributed by atoms with Crippen molar-refractivity contribution < 1.29 is 14.9 Å². The van der Waals surface area contributed by atoms with Crippen LogP contribution in [0, 0.1) is 10.1 Å². The zero-order valence-corrected chi connectivity index (χ0v) is 7.56. The van der Waals surface area contributed by atoms with E-state index in [0.29, 0.717) is 5.56 Å². The first-order valence-corrected chi connectivity index (χ1v) is 3.88. The molecule has 0 spiro atoms. The van der Waals surface area contributed by atoms with E-state index in [-0.39, 0.29) is 18.0 Å². The fraction of sp³-hybridized carbons (Fsp3) is 0.250. The lowest BCUT2D eigenvalue weighted by atomic mass is 10.1. The van der Waals surface area contributed by atoms with E-state index < -0.39 is 4.92 Å². The number of nitrogens with zero attached hydrogens (tertiary/aromatic N) is 1. The Labute approximate surface area is 80.2 Å². The number of nitro benzene ring substituents is 1. The van der Waals surface area contributed by atoms with Crippen molar-refractivity contribution in [1.29, 1.82) is 0 Å². The standard InChI is InChI=1S/C8H10N2O4/c1-14-7-4-2-3-6(5-9-11)8(7)10(12)13/h2-4,9,11H,5H2,1H3. The number of benzene rings is 1. The van der Waals surface area contributed by atoms with Crippen LogP contribution >= 0.6 is 0 Å². The van der Waals surface area contributed by atoms with Gasteiger partial charge >= 0.3 is 5.69 Å². The van der Waals surface area contributed by atoms with E-state index in [4.69, 9.17) is 9.94 Å². The molecule has 2 N–H and O–H groups in total. The number of nitro groups is 1. The van der Waals surface area contributed by atoms with Gasteiger partial charge in [-0.2, -0.15) is 0 Å². The summed E-state index contributed by atoms with van der Waals surface area (Å²) < 4.78 is 4.84. The molecule has 0 bridgehead atoms. The summed E-state index contributed by atoms with van der Waals surface area (Å²) in [4.78, 5) is 10.2. The lowest BCUT2D eigenvalue weighted by Gasteiger charge is -2.05. The monoisotopic (exact) mass is 198 g/mol. The minimum Gasteiger partial charge on any atom is -0.490 e. The molecule has 6 nitrogen and oxygen atoms in total. The van der Waals surface area contributed by atoms with Crippen LogP contribution in [0.4, 0.5) is 5.69 Å². The van der Waals surface area contributed by atoms with Crippen molar-refractivity contribution in [3.63, 3.8) is 0 Å². The van der Waals surface area contributed by atoms with Crippen molar-refractivity contribution in [3.8, 4) is 5.75 Å². The summed E-state index contributed by atoms with van der Waals surface area (Å²) in [5.41, 5.74) is 2.11. The molecule has 0 saturated heterocycles. The maximum atomic E-state index is 10.7. The van der Waals surface area contributed by atoms with Crippen LogP contribution in [0.5, 0.6) is 5.75 Å². The third kappa shape index (κ3) is 1.98. The van der Waals surface area contributed by atoms with Crippen molar-refractivity contribution >= 4 is 5.69 Å². The predicted molar refractivity (Wildman–Crippen MR) is 48.3 cm³/mol. The van der Waals surface area contributed by atoms with Gasteiger partial charge in [-0.15, -0.1) is 0 Å². The molecule has 0 heterocycles. The van der Waals surface area contributed by atoms with E-state index >= 15 is 0 Å². The summed E-state index contributed by atoms with van der Waals surface area (Å²) in [5, 5.41) is 19.2. The second kappa shape index (κ2) is 4.54. The van der Waals surface area contributed by atoms with Crippen molar-refractivity contribution in [1.82, 2.24) is 5.48 Å². The molecule has 0 saturated carbocycles. The van der Waals surface area contributed by atoms with Crippen molar-refractivity contribution in [2.75, 3.05) is 7.11 Å². The Morgan fingerprint density at radius 1 is 1.64 bits per heavy atom. The first-order valence-electron chi connectivity index (χ1n) is 3.88. The number of methoxy groups -OCH3 is 1.